The topological polar surface area (TPSA) is 20.3 Å². The Morgan fingerprint density at radius 3 is 2.91 bits per heavy atom. The van der Waals surface area contributed by atoms with E-state index in [2.05, 4.69) is 13.2 Å². The molecule has 1 fully saturated rings. The molecule has 1 aliphatic heterocycles. The second-order valence-corrected chi connectivity index (χ2v) is 2.68. The molecule has 0 spiro atoms. The SMILES string of the molecule is C=CCN1C(=O)CC[C@@H]1C=C. The predicted molar refractivity (Wildman–Crippen MR) is 45.1 cm³/mol. The van der Waals surface area contributed by atoms with Crippen molar-refractivity contribution >= 4 is 5.91 Å². The van der Waals surface area contributed by atoms with Crippen LogP contribution in [0.3, 0.4) is 0 Å². The molecule has 60 valence electrons. The van der Waals surface area contributed by atoms with Crippen molar-refractivity contribution in [2.45, 2.75) is 18.9 Å². The van der Waals surface area contributed by atoms with E-state index < -0.39 is 0 Å². The lowest BCUT2D eigenvalue weighted by Crippen LogP contribution is -2.31. The van der Waals surface area contributed by atoms with Crippen LogP contribution in [0.25, 0.3) is 0 Å². The van der Waals surface area contributed by atoms with E-state index in [9.17, 15) is 4.79 Å². The largest absolute Gasteiger partial charge is 0.333 e. The summed E-state index contributed by atoms with van der Waals surface area (Å²) >= 11 is 0. The molecule has 0 unspecified atom stereocenters. The molecule has 1 aliphatic rings. The Kier molecular flexibility index (Phi) is 2.47. The fraction of sp³-hybridized carbons (Fsp3) is 0.444. The van der Waals surface area contributed by atoms with Gasteiger partial charge in [0.15, 0.2) is 0 Å². The summed E-state index contributed by atoms with van der Waals surface area (Å²) in [7, 11) is 0. The van der Waals surface area contributed by atoms with Gasteiger partial charge in [0.2, 0.25) is 5.91 Å². The normalized spacial score (nSPS) is 23.8. The molecule has 0 bridgehead atoms. The highest BCUT2D eigenvalue weighted by Crippen LogP contribution is 2.18. The van der Waals surface area contributed by atoms with E-state index in [0.717, 1.165) is 6.42 Å². The lowest BCUT2D eigenvalue weighted by molar-refractivity contribution is -0.127. The minimum absolute atomic E-state index is 0.217. The molecule has 0 aromatic carbocycles. The maximum Gasteiger partial charge on any atom is 0.223 e. The summed E-state index contributed by atoms with van der Waals surface area (Å²) in [5.41, 5.74) is 0. The third kappa shape index (κ3) is 1.50. The Balaban J connectivity index is 2.62. The number of carbonyl (C=O) groups is 1. The first-order valence-electron chi connectivity index (χ1n) is 3.82. The molecule has 0 aliphatic carbocycles. The van der Waals surface area contributed by atoms with Crippen LogP contribution in [0.4, 0.5) is 0 Å². The minimum atomic E-state index is 0.217. The van der Waals surface area contributed by atoms with Gasteiger partial charge < -0.3 is 4.90 Å². The number of carbonyl (C=O) groups excluding carboxylic acids is 1. The zero-order chi connectivity index (χ0) is 8.27. The minimum Gasteiger partial charge on any atom is -0.333 e. The van der Waals surface area contributed by atoms with E-state index >= 15 is 0 Å². The highest BCUT2D eigenvalue weighted by atomic mass is 16.2. The van der Waals surface area contributed by atoms with Crippen molar-refractivity contribution in [3.63, 3.8) is 0 Å². The Bertz CT molecular complexity index is 186. The van der Waals surface area contributed by atoms with Crippen LogP contribution >= 0.6 is 0 Å². The van der Waals surface area contributed by atoms with Crippen LogP contribution in [-0.2, 0) is 4.79 Å². The van der Waals surface area contributed by atoms with Gasteiger partial charge in [-0.15, -0.1) is 13.2 Å². The monoisotopic (exact) mass is 151 g/mol. The van der Waals surface area contributed by atoms with Crippen LogP contribution in [-0.4, -0.2) is 23.4 Å². The number of amides is 1. The van der Waals surface area contributed by atoms with E-state index in [1.165, 1.54) is 0 Å². The van der Waals surface area contributed by atoms with Crippen molar-refractivity contribution < 1.29 is 4.79 Å². The van der Waals surface area contributed by atoms with Gasteiger partial charge in [0, 0.05) is 13.0 Å². The summed E-state index contributed by atoms with van der Waals surface area (Å²) in [5, 5.41) is 0. The maximum absolute atomic E-state index is 11.2. The number of hydrogen-bond acceptors (Lipinski definition) is 1. The van der Waals surface area contributed by atoms with Gasteiger partial charge in [0.25, 0.3) is 0 Å². The summed E-state index contributed by atoms with van der Waals surface area (Å²) in [4.78, 5) is 13.0. The maximum atomic E-state index is 11.2. The third-order valence-corrected chi connectivity index (χ3v) is 1.97. The molecule has 0 aromatic rings. The van der Waals surface area contributed by atoms with Crippen molar-refractivity contribution in [1.29, 1.82) is 0 Å². The molecule has 1 rings (SSSR count). The molecule has 0 saturated carbocycles. The standard InChI is InChI=1S/C9H13NO/c1-3-7-10-8(4-2)5-6-9(10)11/h3-4,8H,1-2,5-7H2/t8-/m0/s1. The highest BCUT2D eigenvalue weighted by molar-refractivity contribution is 5.79. The third-order valence-electron chi connectivity index (χ3n) is 1.97. The van der Waals surface area contributed by atoms with Gasteiger partial charge in [-0.05, 0) is 6.42 Å². The number of nitrogens with zero attached hydrogens (tertiary/aromatic N) is 1. The second-order valence-electron chi connectivity index (χ2n) is 2.68. The molecule has 0 N–H and O–H groups in total. The second kappa shape index (κ2) is 3.37. The van der Waals surface area contributed by atoms with E-state index in [-0.39, 0.29) is 11.9 Å². The molecule has 1 saturated heterocycles. The summed E-state index contributed by atoms with van der Waals surface area (Å²) in [5.74, 6) is 0.217. The number of hydrogen-bond donors (Lipinski definition) is 0. The summed E-state index contributed by atoms with van der Waals surface area (Å²) in [6.45, 7) is 7.93. The van der Waals surface area contributed by atoms with Gasteiger partial charge in [-0.3, -0.25) is 4.79 Å². The summed E-state index contributed by atoms with van der Waals surface area (Å²) < 4.78 is 0. The van der Waals surface area contributed by atoms with Gasteiger partial charge in [-0.2, -0.15) is 0 Å². The first-order chi connectivity index (χ1) is 5.29. The zero-order valence-electron chi connectivity index (χ0n) is 6.62. The Morgan fingerprint density at radius 2 is 2.36 bits per heavy atom. The van der Waals surface area contributed by atoms with Crippen LogP contribution in [0.15, 0.2) is 25.3 Å². The summed E-state index contributed by atoms with van der Waals surface area (Å²) in [6, 6.07) is 0.237. The number of likely N-dealkylation sites (tertiary alicyclic amines) is 1. The van der Waals surface area contributed by atoms with Crippen LogP contribution in [0.5, 0.6) is 0 Å². The zero-order valence-corrected chi connectivity index (χ0v) is 6.62. The van der Waals surface area contributed by atoms with Gasteiger partial charge in [0.1, 0.15) is 0 Å². The first kappa shape index (κ1) is 8.05. The Hall–Kier alpha value is -1.05. The first-order valence-corrected chi connectivity index (χ1v) is 3.82. The molecule has 0 aromatic heterocycles. The van der Waals surface area contributed by atoms with Crippen LogP contribution in [0.1, 0.15) is 12.8 Å². The average molecular weight is 151 g/mol. The van der Waals surface area contributed by atoms with E-state index in [4.69, 9.17) is 0 Å². The van der Waals surface area contributed by atoms with Crippen LogP contribution < -0.4 is 0 Å². The molecular formula is C9H13NO. The van der Waals surface area contributed by atoms with E-state index in [0.29, 0.717) is 13.0 Å². The van der Waals surface area contributed by atoms with Crippen LogP contribution in [0.2, 0.25) is 0 Å². The van der Waals surface area contributed by atoms with Crippen molar-refractivity contribution in [3.8, 4) is 0 Å². The molecule has 11 heavy (non-hydrogen) atoms. The molecular weight excluding hydrogens is 138 g/mol. The van der Waals surface area contributed by atoms with Crippen molar-refractivity contribution in [3.05, 3.63) is 25.3 Å². The van der Waals surface area contributed by atoms with Crippen molar-refractivity contribution in [1.82, 2.24) is 4.90 Å². The van der Waals surface area contributed by atoms with Crippen molar-refractivity contribution in [2.24, 2.45) is 0 Å². The van der Waals surface area contributed by atoms with E-state index in [1.54, 1.807) is 11.0 Å². The Labute approximate surface area is 67.2 Å². The Morgan fingerprint density at radius 1 is 1.64 bits per heavy atom. The van der Waals surface area contributed by atoms with Gasteiger partial charge in [-0.1, -0.05) is 12.2 Å². The van der Waals surface area contributed by atoms with Gasteiger partial charge in [-0.25, -0.2) is 0 Å². The molecule has 1 amide bonds. The van der Waals surface area contributed by atoms with Crippen molar-refractivity contribution in [2.75, 3.05) is 6.54 Å². The predicted octanol–water partition coefficient (Wildman–Crippen LogP) is 1.35. The van der Waals surface area contributed by atoms with Gasteiger partial charge in [0.05, 0.1) is 6.04 Å². The molecule has 2 nitrogen and oxygen atoms in total. The summed E-state index contributed by atoms with van der Waals surface area (Å²) in [6.07, 6.45) is 5.15. The average Bonchev–Trinajstić information content (AvgIpc) is 2.34. The van der Waals surface area contributed by atoms with Crippen LogP contribution in [0, 0.1) is 0 Å². The fourth-order valence-corrected chi connectivity index (χ4v) is 1.38. The highest BCUT2D eigenvalue weighted by Gasteiger charge is 2.26. The molecule has 2 heteroatoms. The lowest BCUT2D eigenvalue weighted by Gasteiger charge is -2.19. The molecule has 1 atom stereocenters. The number of rotatable bonds is 3. The molecule has 0 radical (unpaired) electrons. The van der Waals surface area contributed by atoms with Gasteiger partial charge >= 0.3 is 0 Å². The fourth-order valence-electron chi connectivity index (χ4n) is 1.38. The molecule has 1 heterocycles. The van der Waals surface area contributed by atoms with E-state index in [1.807, 2.05) is 6.08 Å². The smallest absolute Gasteiger partial charge is 0.223 e. The lowest BCUT2D eigenvalue weighted by atomic mass is 10.2. The quantitative estimate of drug-likeness (QED) is 0.557.